The minimum absolute atomic E-state index is 0.506. The summed E-state index contributed by atoms with van der Waals surface area (Å²) in [6, 6.07) is 21.4. The predicted octanol–water partition coefficient (Wildman–Crippen LogP) is 4.87. The van der Waals surface area contributed by atoms with Crippen LogP contribution in [0.2, 0.25) is 5.02 Å². The smallest absolute Gasteiger partial charge is 0.148 e. The highest BCUT2D eigenvalue weighted by molar-refractivity contribution is 6.30. The number of aliphatic hydroxyl groups is 1. The molecular formula is C24H21ClN4O. The van der Waals surface area contributed by atoms with E-state index < -0.39 is 6.23 Å². The van der Waals surface area contributed by atoms with Crippen LogP contribution in [0.25, 0.3) is 16.8 Å². The van der Waals surface area contributed by atoms with Crippen LogP contribution in [0.3, 0.4) is 0 Å². The monoisotopic (exact) mass is 416 g/mol. The summed E-state index contributed by atoms with van der Waals surface area (Å²) in [5.74, 6) is 0. The number of aliphatic hydroxyl groups excluding tert-OH is 1. The summed E-state index contributed by atoms with van der Waals surface area (Å²) in [6.07, 6.45) is 1.62. The van der Waals surface area contributed by atoms with Gasteiger partial charge in [-0.1, -0.05) is 54.9 Å². The summed E-state index contributed by atoms with van der Waals surface area (Å²) in [4.78, 5) is 4.59. The predicted molar refractivity (Wildman–Crippen MR) is 118 cm³/mol. The zero-order valence-electron chi connectivity index (χ0n) is 16.5. The van der Waals surface area contributed by atoms with E-state index in [9.17, 15) is 5.11 Å². The van der Waals surface area contributed by atoms with Crippen LogP contribution in [0.1, 0.15) is 35.7 Å². The Labute approximate surface area is 180 Å². The van der Waals surface area contributed by atoms with Gasteiger partial charge in [0.05, 0.1) is 28.0 Å². The molecule has 0 aliphatic carbocycles. The molecule has 6 heteroatoms. The Balaban J connectivity index is 1.49. The van der Waals surface area contributed by atoms with Crippen LogP contribution in [-0.4, -0.2) is 14.5 Å². The first-order chi connectivity index (χ1) is 14.6. The Kier molecular flexibility index (Phi) is 5.82. The van der Waals surface area contributed by atoms with E-state index in [4.69, 9.17) is 16.9 Å². The molecule has 2 aromatic heterocycles. The third-order valence-corrected chi connectivity index (χ3v) is 5.31. The Morgan fingerprint density at radius 2 is 1.73 bits per heavy atom. The average molecular weight is 417 g/mol. The lowest BCUT2D eigenvalue weighted by Crippen LogP contribution is -2.22. The first-order valence-electron chi connectivity index (χ1n) is 9.76. The van der Waals surface area contributed by atoms with Crippen LogP contribution in [0, 0.1) is 11.3 Å². The zero-order valence-corrected chi connectivity index (χ0v) is 17.3. The number of nitrogens with zero attached hydrogens (tertiary/aromatic N) is 3. The maximum absolute atomic E-state index is 10.8. The van der Waals surface area contributed by atoms with Crippen molar-refractivity contribution in [1.29, 1.82) is 5.26 Å². The third kappa shape index (κ3) is 4.07. The molecule has 0 aliphatic heterocycles. The molecule has 0 radical (unpaired) electrons. The highest BCUT2D eigenvalue weighted by Gasteiger charge is 2.18. The molecule has 5 nitrogen and oxygen atoms in total. The molecule has 1 atom stereocenters. The second kappa shape index (κ2) is 8.68. The van der Waals surface area contributed by atoms with Gasteiger partial charge in [-0.25, -0.2) is 4.98 Å². The number of pyridine rings is 1. The SMILES string of the molecule is CCc1nc2ccc(Cl)cn2c1C(O)NCc1ccc(-c2ccc(C#N)cc2)cc1. The fourth-order valence-electron chi connectivity index (χ4n) is 3.50. The van der Waals surface area contributed by atoms with Crippen LogP contribution >= 0.6 is 11.6 Å². The molecule has 150 valence electrons. The molecule has 0 fully saturated rings. The molecular weight excluding hydrogens is 396 g/mol. The number of fused-ring (bicyclic) bond motifs is 1. The maximum atomic E-state index is 10.8. The minimum Gasteiger partial charge on any atom is -0.373 e. The van der Waals surface area contributed by atoms with E-state index >= 15 is 0 Å². The fourth-order valence-corrected chi connectivity index (χ4v) is 3.66. The molecule has 2 N–H and O–H groups in total. The van der Waals surface area contributed by atoms with E-state index in [0.717, 1.165) is 28.0 Å². The van der Waals surface area contributed by atoms with E-state index in [1.54, 1.807) is 12.3 Å². The van der Waals surface area contributed by atoms with Gasteiger partial charge in [-0.05, 0) is 47.4 Å². The number of hydrogen-bond donors (Lipinski definition) is 2. The third-order valence-electron chi connectivity index (χ3n) is 5.09. The normalized spacial score (nSPS) is 12.1. The second-order valence-corrected chi connectivity index (χ2v) is 7.48. The van der Waals surface area contributed by atoms with E-state index in [0.29, 0.717) is 29.2 Å². The minimum atomic E-state index is -0.869. The van der Waals surface area contributed by atoms with Crippen molar-refractivity contribution in [2.45, 2.75) is 26.1 Å². The number of hydrogen-bond acceptors (Lipinski definition) is 4. The number of imidazole rings is 1. The van der Waals surface area contributed by atoms with Crippen LogP contribution in [-0.2, 0) is 13.0 Å². The molecule has 2 aromatic carbocycles. The number of nitriles is 1. The van der Waals surface area contributed by atoms with Crippen molar-refractivity contribution in [2.24, 2.45) is 0 Å². The van der Waals surface area contributed by atoms with Gasteiger partial charge in [0.15, 0.2) is 0 Å². The van der Waals surface area contributed by atoms with Crippen LogP contribution < -0.4 is 5.32 Å². The summed E-state index contributed by atoms with van der Waals surface area (Å²) in [5, 5.41) is 23.5. The van der Waals surface area contributed by atoms with Gasteiger partial charge in [0.1, 0.15) is 11.9 Å². The lowest BCUT2D eigenvalue weighted by atomic mass is 10.0. The highest BCUT2D eigenvalue weighted by atomic mass is 35.5. The van der Waals surface area contributed by atoms with Crippen LogP contribution in [0.5, 0.6) is 0 Å². The van der Waals surface area contributed by atoms with Gasteiger partial charge < -0.3 is 5.11 Å². The van der Waals surface area contributed by atoms with Gasteiger partial charge in [0.25, 0.3) is 0 Å². The van der Waals surface area contributed by atoms with E-state index in [-0.39, 0.29) is 0 Å². The highest BCUT2D eigenvalue weighted by Crippen LogP contribution is 2.23. The van der Waals surface area contributed by atoms with E-state index in [1.165, 1.54) is 0 Å². The first-order valence-corrected chi connectivity index (χ1v) is 10.1. The van der Waals surface area contributed by atoms with Gasteiger partial charge in [-0.15, -0.1) is 0 Å². The molecule has 0 amide bonds. The van der Waals surface area contributed by atoms with Crippen molar-refractivity contribution in [1.82, 2.24) is 14.7 Å². The number of aromatic nitrogens is 2. The van der Waals surface area contributed by atoms with Crippen molar-refractivity contribution in [2.75, 3.05) is 0 Å². The second-order valence-electron chi connectivity index (χ2n) is 7.04. The fraction of sp³-hybridized carbons (Fsp3) is 0.167. The molecule has 30 heavy (non-hydrogen) atoms. The van der Waals surface area contributed by atoms with Gasteiger partial charge in [0, 0.05) is 12.7 Å². The summed E-state index contributed by atoms with van der Waals surface area (Å²) in [7, 11) is 0. The first kappa shape index (κ1) is 20.1. The molecule has 4 rings (SSSR count). The lowest BCUT2D eigenvalue weighted by Gasteiger charge is -2.15. The molecule has 4 aromatic rings. The van der Waals surface area contributed by atoms with Crippen LogP contribution in [0.15, 0.2) is 66.9 Å². The molecule has 2 heterocycles. The van der Waals surface area contributed by atoms with Gasteiger partial charge in [-0.2, -0.15) is 5.26 Å². The van der Waals surface area contributed by atoms with Crippen LogP contribution in [0.4, 0.5) is 0 Å². The number of nitrogens with one attached hydrogen (secondary N) is 1. The van der Waals surface area contributed by atoms with Crippen molar-refractivity contribution >= 4 is 17.2 Å². The molecule has 0 bridgehead atoms. The standard InChI is InChI=1S/C24H21ClN4O/c1-2-21-23(29-15-20(25)11-12-22(29)28-21)24(30)27-14-17-5-9-19(10-6-17)18-7-3-16(13-26)4-8-18/h3-12,15,24,27,30H,2,14H2,1H3. The lowest BCUT2D eigenvalue weighted by molar-refractivity contribution is 0.130. The average Bonchev–Trinajstić information content (AvgIpc) is 3.15. The topological polar surface area (TPSA) is 73.3 Å². The van der Waals surface area contributed by atoms with Crippen molar-refractivity contribution in [3.63, 3.8) is 0 Å². The maximum Gasteiger partial charge on any atom is 0.148 e. The van der Waals surface area contributed by atoms with Gasteiger partial charge >= 0.3 is 0 Å². The molecule has 0 spiro atoms. The molecule has 0 aliphatic rings. The van der Waals surface area contributed by atoms with E-state index in [1.807, 2.05) is 65.9 Å². The zero-order chi connectivity index (χ0) is 21.1. The number of rotatable bonds is 6. The number of aryl methyl sites for hydroxylation is 1. The summed E-state index contributed by atoms with van der Waals surface area (Å²) < 4.78 is 1.84. The Hall–Kier alpha value is -3.17. The Bertz CT molecular complexity index is 1210. The number of benzene rings is 2. The largest absolute Gasteiger partial charge is 0.373 e. The van der Waals surface area contributed by atoms with Crippen molar-refractivity contribution in [3.8, 4) is 17.2 Å². The quantitative estimate of drug-likeness (QED) is 0.440. The number of halogens is 1. The summed E-state index contributed by atoms with van der Waals surface area (Å²) in [6.45, 7) is 2.52. The van der Waals surface area contributed by atoms with Crippen molar-refractivity contribution in [3.05, 3.63) is 94.4 Å². The molecule has 0 saturated heterocycles. The summed E-state index contributed by atoms with van der Waals surface area (Å²) in [5.41, 5.74) is 6.15. The molecule has 1 unspecified atom stereocenters. The Morgan fingerprint density at radius 3 is 2.37 bits per heavy atom. The van der Waals surface area contributed by atoms with Crippen molar-refractivity contribution < 1.29 is 5.11 Å². The van der Waals surface area contributed by atoms with E-state index in [2.05, 4.69) is 16.4 Å². The molecule has 0 saturated carbocycles. The van der Waals surface area contributed by atoms with Gasteiger partial charge in [-0.3, -0.25) is 9.72 Å². The summed E-state index contributed by atoms with van der Waals surface area (Å²) >= 11 is 6.14. The van der Waals surface area contributed by atoms with Gasteiger partial charge in [0.2, 0.25) is 0 Å². The Morgan fingerprint density at radius 1 is 1.07 bits per heavy atom.